The van der Waals surface area contributed by atoms with Crippen molar-refractivity contribution < 1.29 is 22.8 Å². The Kier molecular flexibility index (Phi) is 4.43. The van der Waals surface area contributed by atoms with Gasteiger partial charge in [-0.2, -0.15) is 18.3 Å². The van der Waals surface area contributed by atoms with Gasteiger partial charge in [0.05, 0.1) is 12.1 Å². The molecule has 1 saturated heterocycles. The van der Waals surface area contributed by atoms with E-state index in [2.05, 4.69) is 5.10 Å². The van der Waals surface area contributed by atoms with Crippen LogP contribution in [0.25, 0.3) is 0 Å². The van der Waals surface area contributed by atoms with Crippen molar-refractivity contribution in [3.8, 4) is 0 Å². The summed E-state index contributed by atoms with van der Waals surface area (Å²) in [6.45, 7) is -1.19. The van der Waals surface area contributed by atoms with Gasteiger partial charge in [0.15, 0.2) is 0 Å². The van der Waals surface area contributed by atoms with E-state index in [4.69, 9.17) is 0 Å². The highest BCUT2D eigenvalue weighted by Crippen LogP contribution is 2.25. The first-order valence-electron chi connectivity index (χ1n) is 6.73. The van der Waals surface area contributed by atoms with Crippen LogP contribution in [0.1, 0.15) is 12.0 Å². The van der Waals surface area contributed by atoms with E-state index in [1.165, 1.54) is 4.90 Å². The fourth-order valence-electron chi connectivity index (χ4n) is 2.52. The smallest absolute Gasteiger partial charge is 0.341 e. The number of aryl methyl sites for hydroxylation is 1. The molecule has 1 atom stereocenters. The number of hydrogen-bond donors (Lipinski definition) is 0. The largest absolute Gasteiger partial charge is 0.406 e. The third-order valence-corrected chi connectivity index (χ3v) is 3.49. The summed E-state index contributed by atoms with van der Waals surface area (Å²) in [4.78, 5) is 25.9. The summed E-state index contributed by atoms with van der Waals surface area (Å²) in [5.41, 5.74) is 0.815. The number of carbonyl (C=O) groups excluding carboxylic acids is 2. The fourth-order valence-corrected chi connectivity index (χ4v) is 2.52. The van der Waals surface area contributed by atoms with Crippen LogP contribution in [0.4, 0.5) is 13.2 Å². The fraction of sp³-hybridized carbons (Fsp3) is 0.615. The molecule has 0 aliphatic carbocycles. The first-order valence-corrected chi connectivity index (χ1v) is 6.73. The molecule has 2 heterocycles. The molecule has 1 aliphatic heterocycles. The van der Waals surface area contributed by atoms with E-state index >= 15 is 0 Å². The average Bonchev–Trinajstić information content (AvgIpc) is 2.94. The predicted octanol–water partition coefficient (Wildman–Crippen LogP) is 0.789. The first kappa shape index (κ1) is 16.3. The minimum absolute atomic E-state index is 0.174. The van der Waals surface area contributed by atoms with Crippen LogP contribution in [0.5, 0.6) is 0 Å². The molecular weight excluding hydrogens is 301 g/mol. The lowest BCUT2D eigenvalue weighted by Crippen LogP contribution is -2.37. The average molecular weight is 318 g/mol. The highest BCUT2D eigenvalue weighted by molar-refractivity contribution is 5.89. The SMILES string of the molecule is CN(Cc1cnn(C)c1)C(=O)C1CC(=O)N(CC(F)(F)F)C1. The van der Waals surface area contributed by atoms with Gasteiger partial charge < -0.3 is 9.80 Å². The Morgan fingerprint density at radius 2 is 2.18 bits per heavy atom. The second-order valence-electron chi connectivity index (χ2n) is 5.51. The molecule has 0 bridgehead atoms. The van der Waals surface area contributed by atoms with Crippen LogP contribution >= 0.6 is 0 Å². The van der Waals surface area contributed by atoms with Crippen molar-refractivity contribution in [2.75, 3.05) is 20.1 Å². The molecule has 0 radical (unpaired) electrons. The Morgan fingerprint density at radius 1 is 1.50 bits per heavy atom. The molecule has 0 spiro atoms. The second kappa shape index (κ2) is 5.98. The standard InChI is InChI=1S/C13H17F3N4O2/c1-18(5-9-4-17-19(2)6-9)12(22)10-3-11(21)20(7-10)8-13(14,15)16/h4,6,10H,3,5,7-8H2,1-2H3. The molecule has 0 N–H and O–H groups in total. The molecule has 1 aromatic heterocycles. The van der Waals surface area contributed by atoms with Crippen molar-refractivity contribution in [2.24, 2.45) is 13.0 Å². The van der Waals surface area contributed by atoms with Crippen molar-refractivity contribution in [2.45, 2.75) is 19.1 Å². The zero-order valence-corrected chi connectivity index (χ0v) is 12.3. The lowest BCUT2D eigenvalue weighted by Gasteiger charge is -2.21. The number of halogens is 3. The van der Waals surface area contributed by atoms with Gasteiger partial charge in [-0.15, -0.1) is 0 Å². The Hall–Kier alpha value is -2.06. The number of likely N-dealkylation sites (tertiary alicyclic amines) is 1. The van der Waals surface area contributed by atoms with Crippen LogP contribution < -0.4 is 0 Å². The molecule has 1 unspecified atom stereocenters. The lowest BCUT2D eigenvalue weighted by molar-refractivity contribution is -0.157. The van der Waals surface area contributed by atoms with Crippen LogP contribution in [-0.4, -0.2) is 57.7 Å². The monoisotopic (exact) mass is 318 g/mol. The molecule has 22 heavy (non-hydrogen) atoms. The number of nitrogens with zero attached hydrogens (tertiary/aromatic N) is 4. The predicted molar refractivity (Wildman–Crippen MR) is 70.4 cm³/mol. The number of aromatic nitrogens is 2. The maximum Gasteiger partial charge on any atom is 0.406 e. The maximum atomic E-state index is 12.4. The summed E-state index contributed by atoms with van der Waals surface area (Å²) in [6.07, 6.45) is -1.26. The molecule has 0 saturated carbocycles. The van der Waals surface area contributed by atoms with Crippen molar-refractivity contribution >= 4 is 11.8 Å². The van der Waals surface area contributed by atoms with E-state index in [0.717, 1.165) is 5.56 Å². The molecular formula is C13H17F3N4O2. The lowest BCUT2D eigenvalue weighted by atomic mass is 10.1. The van der Waals surface area contributed by atoms with Crippen LogP contribution in [0.2, 0.25) is 0 Å². The van der Waals surface area contributed by atoms with Gasteiger partial charge >= 0.3 is 6.18 Å². The summed E-state index contributed by atoms with van der Waals surface area (Å²) in [6, 6.07) is 0. The van der Waals surface area contributed by atoms with Crippen LogP contribution in [-0.2, 0) is 23.2 Å². The second-order valence-corrected chi connectivity index (χ2v) is 5.51. The molecule has 1 aliphatic rings. The molecule has 2 amide bonds. The zero-order chi connectivity index (χ0) is 16.5. The van der Waals surface area contributed by atoms with Gasteiger partial charge in [-0.25, -0.2) is 0 Å². The van der Waals surface area contributed by atoms with E-state index in [9.17, 15) is 22.8 Å². The molecule has 1 fully saturated rings. The van der Waals surface area contributed by atoms with Gasteiger partial charge in [0.1, 0.15) is 6.54 Å². The third-order valence-electron chi connectivity index (χ3n) is 3.49. The van der Waals surface area contributed by atoms with Crippen molar-refractivity contribution in [3.05, 3.63) is 18.0 Å². The summed E-state index contributed by atoms with van der Waals surface area (Å²) >= 11 is 0. The maximum absolute atomic E-state index is 12.4. The summed E-state index contributed by atoms with van der Waals surface area (Å²) < 4.78 is 38.7. The first-order chi connectivity index (χ1) is 10.2. The Bertz CT molecular complexity index is 570. The minimum atomic E-state index is -4.45. The van der Waals surface area contributed by atoms with E-state index in [-0.39, 0.29) is 18.9 Å². The molecule has 2 rings (SSSR count). The van der Waals surface area contributed by atoms with E-state index in [1.54, 1.807) is 31.2 Å². The number of carbonyl (C=O) groups is 2. The van der Waals surface area contributed by atoms with Gasteiger partial charge in [0, 0.05) is 45.4 Å². The highest BCUT2D eigenvalue weighted by atomic mass is 19.4. The number of amides is 2. The normalized spacial score (nSPS) is 18.9. The number of alkyl halides is 3. The van der Waals surface area contributed by atoms with Gasteiger partial charge in [0.25, 0.3) is 0 Å². The molecule has 122 valence electrons. The minimum Gasteiger partial charge on any atom is -0.341 e. The quantitative estimate of drug-likeness (QED) is 0.825. The third kappa shape index (κ3) is 3.99. The van der Waals surface area contributed by atoms with Gasteiger partial charge in [-0.3, -0.25) is 14.3 Å². The number of rotatable bonds is 4. The summed E-state index contributed by atoms with van der Waals surface area (Å²) in [5.74, 6) is -1.69. The van der Waals surface area contributed by atoms with Crippen molar-refractivity contribution in [1.29, 1.82) is 0 Å². The summed E-state index contributed by atoms with van der Waals surface area (Å²) in [5, 5.41) is 3.98. The van der Waals surface area contributed by atoms with Crippen molar-refractivity contribution in [1.82, 2.24) is 19.6 Å². The molecule has 9 heteroatoms. The van der Waals surface area contributed by atoms with E-state index in [0.29, 0.717) is 11.4 Å². The van der Waals surface area contributed by atoms with Crippen LogP contribution in [0.15, 0.2) is 12.4 Å². The van der Waals surface area contributed by atoms with E-state index in [1.807, 2.05) is 0 Å². The van der Waals surface area contributed by atoms with E-state index < -0.39 is 24.5 Å². The van der Waals surface area contributed by atoms with Crippen LogP contribution in [0, 0.1) is 5.92 Å². The van der Waals surface area contributed by atoms with Crippen LogP contribution in [0.3, 0.4) is 0 Å². The highest BCUT2D eigenvalue weighted by Gasteiger charge is 2.41. The molecule has 1 aromatic rings. The molecule has 6 nitrogen and oxygen atoms in total. The van der Waals surface area contributed by atoms with Gasteiger partial charge in [-0.1, -0.05) is 0 Å². The topological polar surface area (TPSA) is 58.4 Å². The Balaban J connectivity index is 1.94. The van der Waals surface area contributed by atoms with Gasteiger partial charge in [0.2, 0.25) is 11.8 Å². The number of hydrogen-bond acceptors (Lipinski definition) is 3. The van der Waals surface area contributed by atoms with Gasteiger partial charge in [-0.05, 0) is 0 Å². The Morgan fingerprint density at radius 3 is 2.73 bits per heavy atom. The Labute approximate surface area is 125 Å². The zero-order valence-electron chi connectivity index (χ0n) is 12.3. The molecule has 0 aromatic carbocycles. The summed E-state index contributed by atoms with van der Waals surface area (Å²) in [7, 11) is 3.31. The van der Waals surface area contributed by atoms with Crippen molar-refractivity contribution in [3.63, 3.8) is 0 Å².